The summed E-state index contributed by atoms with van der Waals surface area (Å²) in [6.07, 6.45) is 1.55. The zero-order chi connectivity index (χ0) is 15.0. The molecule has 9 nitrogen and oxygen atoms in total. The van der Waals surface area contributed by atoms with Gasteiger partial charge in [0.05, 0.1) is 19.0 Å². The van der Waals surface area contributed by atoms with Crippen molar-refractivity contribution in [3.8, 4) is 0 Å². The molecular weight excluding hydrogens is 278 g/mol. The molecule has 1 unspecified atom stereocenters. The summed E-state index contributed by atoms with van der Waals surface area (Å²) in [7, 11) is 3.24. The lowest BCUT2D eigenvalue weighted by Gasteiger charge is -2.16. The predicted molar refractivity (Wildman–Crippen MR) is 73.8 cm³/mol. The number of fused-ring (bicyclic) bond motifs is 1. The molecular formula is C12H17N5O4. The fourth-order valence-corrected chi connectivity index (χ4v) is 2.59. The van der Waals surface area contributed by atoms with Crippen LogP contribution in [0, 0.1) is 0 Å². The van der Waals surface area contributed by atoms with Gasteiger partial charge in [0.15, 0.2) is 11.2 Å². The van der Waals surface area contributed by atoms with Crippen molar-refractivity contribution in [1.29, 1.82) is 0 Å². The van der Waals surface area contributed by atoms with Crippen LogP contribution in [0.15, 0.2) is 11.1 Å². The second kappa shape index (κ2) is 5.43. The average Bonchev–Trinajstić information content (AvgIpc) is 3.02. The Morgan fingerprint density at radius 3 is 3.10 bits per heavy atom. The van der Waals surface area contributed by atoms with Crippen molar-refractivity contribution >= 4 is 17.1 Å². The van der Waals surface area contributed by atoms with Crippen LogP contribution in [0.5, 0.6) is 0 Å². The first-order valence-corrected chi connectivity index (χ1v) is 6.53. The highest BCUT2D eigenvalue weighted by Gasteiger charge is 2.37. The Bertz CT molecular complexity index is 697. The molecule has 2 aromatic heterocycles. The van der Waals surface area contributed by atoms with Crippen LogP contribution in [0.25, 0.3) is 11.2 Å². The third kappa shape index (κ3) is 2.39. The molecule has 3 heterocycles. The standard InChI is InChI=1S/C12H17N5O4/c1-19-4-7-6(20-2)3-8(21-7)17-5-14-9-10(17)15-12(13)16-11(9)18/h5-8H,3-4H2,1-2H3,(H3,13,15,16,18)/t6?,7-,8-/m1/s1. The van der Waals surface area contributed by atoms with Crippen LogP contribution >= 0.6 is 0 Å². The van der Waals surface area contributed by atoms with Gasteiger partial charge in [0.25, 0.3) is 5.56 Å². The van der Waals surface area contributed by atoms with Gasteiger partial charge in [-0.2, -0.15) is 4.98 Å². The topological polar surface area (TPSA) is 117 Å². The van der Waals surface area contributed by atoms with Crippen LogP contribution in [-0.2, 0) is 14.2 Å². The first kappa shape index (κ1) is 14.0. The first-order chi connectivity index (χ1) is 10.1. The van der Waals surface area contributed by atoms with E-state index in [4.69, 9.17) is 19.9 Å². The van der Waals surface area contributed by atoms with Gasteiger partial charge >= 0.3 is 0 Å². The van der Waals surface area contributed by atoms with Crippen molar-refractivity contribution < 1.29 is 14.2 Å². The minimum atomic E-state index is -0.369. The van der Waals surface area contributed by atoms with Gasteiger partial charge in [-0.1, -0.05) is 0 Å². The Morgan fingerprint density at radius 1 is 1.57 bits per heavy atom. The molecule has 3 rings (SSSR count). The van der Waals surface area contributed by atoms with Crippen molar-refractivity contribution in [2.24, 2.45) is 0 Å². The van der Waals surface area contributed by atoms with E-state index >= 15 is 0 Å². The Morgan fingerprint density at radius 2 is 2.38 bits per heavy atom. The van der Waals surface area contributed by atoms with Gasteiger partial charge in [0.2, 0.25) is 5.95 Å². The summed E-state index contributed by atoms with van der Waals surface area (Å²) in [6.45, 7) is 0.428. The van der Waals surface area contributed by atoms with Crippen LogP contribution in [0.3, 0.4) is 0 Å². The molecule has 0 aliphatic carbocycles. The molecule has 3 N–H and O–H groups in total. The molecule has 114 valence electrons. The second-order valence-electron chi connectivity index (χ2n) is 4.87. The fourth-order valence-electron chi connectivity index (χ4n) is 2.59. The van der Waals surface area contributed by atoms with E-state index in [9.17, 15) is 4.79 Å². The molecule has 0 bridgehead atoms. The maximum absolute atomic E-state index is 11.8. The normalized spacial score (nSPS) is 25.7. The van der Waals surface area contributed by atoms with E-state index in [1.54, 1.807) is 18.8 Å². The van der Waals surface area contributed by atoms with Gasteiger partial charge in [0.1, 0.15) is 12.3 Å². The summed E-state index contributed by atoms with van der Waals surface area (Å²) in [5, 5.41) is 0. The number of methoxy groups -OCH3 is 2. The van der Waals surface area contributed by atoms with Gasteiger partial charge in [0, 0.05) is 20.6 Å². The van der Waals surface area contributed by atoms with E-state index in [1.165, 1.54) is 6.33 Å². The minimum Gasteiger partial charge on any atom is -0.382 e. The van der Waals surface area contributed by atoms with Crippen molar-refractivity contribution in [2.45, 2.75) is 24.9 Å². The largest absolute Gasteiger partial charge is 0.382 e. The first-order valence-electron chi connectivity index (χ1n) is 6.53. The molecule has 2 aromatic rings. The van der Waals surface area contributed by atoms with Gasteiger partial charge in [-0.05, 0) is 0 Å². The zero-order valence-electron chi connectivity index (χ0n) is 11.8. The van der Waals surface area contributed by atoms with E-state index < -0.39 is 0 Å². The second-order valence-corrected chi connectivity index (χ2v) is 4.87. The molecule has 0 aromatic carbocycles. The Labute approximate surface area is 120 Å². The summed E-state index contributed by atoms with van der Waals surface area (Å²) in [5.74, 6) is 0.0454. The molecule has 21 heavy (non-hydrogen) atoms. The number of aromatic amines is 1. The lowest BCUT2D eigenvalue weighted by atomic mass is 10.2. The third-order valence-corrected chi connectivity index (χ3v) is 3.58. The number of rotatable bonds is 4. The molecule has 3 atom stereocenters. The quantitative estimate of drug-likeness (QED) is 0.791. The van der Waals surface area contributed by atoms with Crippen LogP contribution in [0.1, 0.15) is 12.6 Å². The van der Waals surface area contributed by atoms with Gasteiger partial charge in [-0.3, -0.25) is 14.3 Å². The number of anilines is 1. The summed E-state index contributed by atoms with van der Waals surface area (Å²) >= 11 is 0. The zero-order valence-corrected chi connectivity index (χ0v) is 11.8. The molecule has 1 aliphatic heterocycles. The molecule has 1 fully saturated rings. The summed E-state index contributed by atoms with van der Waals surface area (Å²) in [5.41, 5.74) is 5.85. The number of hydrogen-bond acceptors (Lipinski definition) is 7. The van der Waals surface area contributed by atoms with E-state index in [2.05, 4.69) is 15.0 Å². The molecule has 0 amide bonds. The van der Waals surface area contributed by atoms with Gasteiger partial charge in [-0.15, -0.1) is 0 Å². The van der Waals surface area contributed by atoms with Crippen LogP contribution in [0.2, 0.25) is 0 Å². The summed E-state index contributed by atoms with van der Waals surface area (Å²) in [4.78, 5) is 22.4. The Balaban J connectivity index is 1.96. The van der Waals surface area contributed by atoms with Crippen molar-refractivity contribution in [3.05, 3.63) is 16.7 Å². The fraction of sp³-hybridized carbons (Fsp3) is 0.583. The Hall–Kier alpha value is -1.97. The highest BCUT2D eigenvalue weighted by atomic mass is 16.6. The van der Waals surface area contributed by atoms with Crippen molar-refractivity contribution in [1.82, 2.24) is 19.5 Å². The molecule has 0 radical (unpaired) electrons. The molecule has 0 spiro atoms. The number of nitrogens with zero attached hydrogens (tertiary/aromatic N) is 3. The average molecular weight is 295 g/mol. The van der Waals surface area contributed by atoms with E-state index in [0.717, 1.165) is 0 Å². The van der Waals surface area contributed by atoms with Gasteiger partial charge < -0.3 is 19.9 Å². The van der Waals surface area contributed by atoms with E-state index in [0.29, 0.717) is 18.7 Å². The predicted octanol–water partition coefficient (Wildman–Crippen LogP) is -0.349. The lowest BCUT2D eigenvalue weighted by Crippen LogP contribution is -2.27. The number of H-pyrrole nitrogens is 1. The number of nitrogens with one attached hydrogen (secondary N) is 1. The third-order valence-electron chi connectivity index (χ3n) is 3.58. The number of imidazole rings is 1. The number of aromatic nitrogens is 4. The maximum atomic E-state index is 11.8. The molecule has 9 heteroatoms. The molecule has 1 saturated heterocycles. The summed E-state index contributed by atoms with van der Waals surface area (Å²) < 4.78 is 18.2. The van der Waals surface area contributed by atoms with Gasteiger partial charge in [-0.25, -0.2) is 4.98 Å². The lowest BCUT2D eigenvalue weighted by molar-refractivity contribution is -0.0597. The SMILES string of the molecule is COC[C@H]1O[C@@H](n2cnc3c(=O)[nH]c(N)nc32)CC1OC. The highest BCUT2D eigenvalue weighted by Crippen LogP contribution is 2.32. The molecule has 0 saturated carbocycles. The smallest absolute Gasteiger partial charge is 0.280 e. The maximum Gasteiger partial charge on any atom is 0.280 e. The monoisotopic (exact) mass is 295 g/mol. The summed E-state index contributed by atoms with van der Waals surface area (Å²) in [6, 6.07) is 0. The van der Waals surface area contributed by atoms with Crippen molar-refractivity contribution in [2.75, 3.05) is 26.6 Å². The highest BCUT2D eigenvalue weighted by molar-refractivity contribution is 5.70. The number of hydrogen-bond donors (Lipinski definition) is 2. The van der Waals surface area contributed by atoms with E-state index in [1.807, 2.05) is 0 Å². The number of nitrogens with two attached hydrogens (primary N) is 1. The number of ether oxygens (including phenoxy) is 3. The Kier molecular flexibility index (Phi) is 3.62. The van der Waals surface area contributed by atoms with Crippen LogP contribution in [0.4, 0.5) is 5.95 Å². The van der Waals surface area contributed by atoms with Crippen LogP contribution < -0.4 is 11.3 Å². The molecule has 1 aliphatic rings. The minimum absolute atomic E-state index is 0.0454. The van der Waals surface area contributed by atoms with Crippen molar-refractivity contribution in [3.63, 3.8) is 0 Å². The number of nitrogen functional groups attached to an aromatic ring is 1. The van der Waals surface area contributed by atoms with Crippen LogP contribution in [-0.4, -0.2) is 52.6 Å². The van der Waals surface area contributed by atoms with E-state index in [-0.39, 0.29) is 35.5 Å².